The van der Waals surface area contributed by atoms with Crippen LogP contribution in [0.25, 0.3) is 11.0 Å². The van der Waals surface area contributed by atoms with Gasteiger partial charge in [-0.15, -0.1) is 0 Å². The molecule has 1 aromatic carbocycles. The first kappa shape index (κ1) is 8.07. The van der Waals surface area contributed by atoms with E-state index in [1.165, 1.54) is 0 Å². The Kier molecular flexibility index (Phi) is 1.70. The maximum Gasteiger partial charge on any atom is 0.325 e. The second-order valence-electron chi connectivity index (χ2n) is 2.52. The van der Waals surface area contributed by atoms with Crippen LogP contribution in [0, 0.1) is 6.33 Å². The summed E-state index contributed by atoms with van der Waals surface area (Å²) < 4.78 is 1.14. The average molecular weight is 195 g/mol. The molecule has 1 radical (unpaired) electrons. The molecule has 2 N–H and O–H groups in total. The van der Waals surface area contributed by atoms with Gasteiger partial charge in [0.1, 0.15) is 0 Å². The van der Waals surface area contributed by atoms with Crippen LogP contribution in [0.2, 0.25) is 5.02 Å². The second kappa shape index (κ2) is 2.74. The predicted molar refractivity (Wildman–Crippen MR) is 48.6 cm³/mol. The Morgan fingerprint density at radius 1 is 1.62 bits per heavy atom. The highest BCUT2D eigenvalue weighted by Crippen LogP contribution is 2.17. The first-order valence-electron chi connectivity index (χ1n) is 3.54. The number of hydrogen-bond acceptors (Lipinski definition) is 2. The van der Waals surface area contributed by atoms with Crippen LogP contribution in [0.5, 0.6) is 0 Å². The fourth-order valence-corrected chi connectivity index (χ4v) is 1.27. The molecule has 0 unspecified atom stereocenters. The molecule has 4 nitrogen and oxygen atoms in total. The molecule has 0 aliphatic rings. The number of imidazole rings is 1. The summed E-state index contributed by atoms with van der Waals surface area (Å²) in [6, 6.07) is 4.38. The van der Waals surface area contributed by atoms with E-state index in [2.05, 4.69) is 11.3 Å². The number of nitrogens with zero attached hydrogens (tertiary/aromatic N) is 2. The monoisotopic (exact) mass is 194 g/mol. The summed E-state index contributed by atoms with van der Waals surface area (Å²) in [4.78, 5) is 14.7. The number of nitrogens with two attached hydrogens (primary N) is 1. The van der Waals surface area contributed by atoms with Crippen molar-refractivity contribution in [3.05, 3.63) is 29.5 Å². The van der Waals surface area contributed by atoms with E-state index in [1.54, 1.807) is 18.2 Å². The number of amides is 1. The average Bonchev–Trinajstić information content (AvgIpc) is 2.46. The summed E-state index contributed by atoms with van der Waals surface area (Å²) in [7, 11) is 0. The molecule has 0 atom stereocenters. The van der Waals surface area contributed by atoms with Crippen molar-refractivity contribution < 1.29 is 4.79 Å². The SMILES string of the molecule is NC(=O)n1[c]nc2cc(Cl)ccc21. The molecule has 0 fully saturated rings. The van der Waals surface area contributed by atoms with E-state index >= 15 is 0 Å². The number of primary amides is 1. The number of fused-ring (bicyclic) bond motifs is 1. The topological polar surface area (TPSA) is 60.9 Å². The zero-order valence-electron chi connectivity index (χ0n) is 6.49. The van der Waals surface area contributed by atoms with Gasteiger partial charge in [0.15, 0.2) is 6.33 Å². The lowest BCUT2D eigenvalue weighted by atomic mass is 10.3. The molecule has 0 aliphatic heterocycles. The molecule has 0 aliphatic carbocycles. The van der Waals surface area contributed by atoms with Crippen LogP contribution in [-0.2, 0) is 0 Å². The first-order valence-corrected chi connectivity index (χ1v) is 3.92. The fraction of sp³-hybridized carbons (Fsp3) is 0. The molecule has 0 spiro atoms. The fourth-order valence-electron chi connectivity index (χ4n) is 1.10. The van der Waals surface area contributed by atoms with Crippen molar-refractivity contribution in [2.24, 2.45) is 5.73 Å². The number of carbonyl (C=O) groups is 1. The van der Waals surface area contributed by atoms with Crippen LogP contribution >= 0.6 is 11.6 Å². The summed E-state index contributed by atoms with van der Waals surface area (Å²) >= 11 is 5.73. The lowest BCUT2D eigenvalue weighted by Gasteiger charge is -1.95. The number of rotatable bonds is 0. The Morgan fingerprint density at radius 3 is 3.08 bits per heavy atom. The van der Waals surface area contributed by atoms with E-state index in [0.717, 1.165) is 4.57 Å². The van der Waals surface area contributed by atoms with E-state index in [4.69, 9.17) is 17.3 Å². The summed E-state index contributed by atoms with van der Waals surface area (Å²) in [6.07, 6.45) is 2.47. The van der Waals surface area contributed by atoms with Crippen LogP contribution in [0.15, 0.2) is 18.2 Å². The molecule has 5 heteroatoms. The van der Waals surface area contributed by atoms with E-state index in [1.807, 2.05) is 0 Å². The maximum atomic E-state index is 10.8. The van der Waals surface area contributed by atoms with Crippen molar-refractivity contribution in [1.29, 1.82) is 0 Å². The molecule has 2 aromatic rings. The van der Waals surface area contributed by atoms with E-state index in [-0.39, 0.29) is 0 Å². The molecule has 1 heterocycles. The lowest BCUT2D eigenvalue weighted by Crippen LogP contribution is -2.18. The summed E-state index contributed by atoms with van der Waals surface area (Å²) in [5.41, 5.74) is 6.29. The van der Waals surface area contributed by atoms with Gasteiger partial charge in [0, 0.05) is 5.02 Å². The molecule has 0 saturated heterocycles. The third kappa shape index (κ3) is 1.25. The van der Waals surface area contributed by atoms with Crippen LogP contribution in [0.3, 0.4) is 0 Å². The van der Waals surface area contributed by atoms with Crippen molar-refractivity contribution in [3.63, 3.8) is 0 Å². The van der Waals surface area contributed by atoms with Crippen LogP contribution < -0.4 is 5.73 Å². The molecular formula is C8H5ClN3O. The van der Waals surface area contributed by atoms with Gasteiger partial charge in [-0.1, -0.05) is 11.6 Å². The first-order chi connectivity index (χ1) is 6.18. The minimum atomic E-state index is -0.607. The van der Waals surface area contributed by atoms with Crippen LogP contribution in [0.1, 0.15) is 0 Å². The smallest absolute Gasteiger partial charge is 0.325 e. The Labute approximate surface area is 78.9 Å². The number of hydrogen-bond donors (Lipinski definition) is 1. The minimum Gasteiger partial charge on any atom is -0.351 e. The van der Waals surface area contributed by atoms with Crippen molar-refractivity contribution in [2.45, 2.75) is 0 Å². The molecule has 1 aromatic heterocycles. The van der Waals surface area contributed by atoms with Gasteiger partial charge in [-0.25, -0.2) is 14.3 Å². The number of aromatic nitrogens is 2. The third-order valence-electron chi connectivity index (χ3n) is 1.67. The summed E-state index contributed by atoms with van der Waals surface area (Å²) in [6.45, 7) is 0. The van der Waals surface area contributed by atoms with E-state index in [9.17, 15) is 4.79 Å². The Morgan fingerprint density at radius 2 is 2.38 bits per heavy atom. The Hall–Kier alpha value is -1.55. The predicted octanol–water partition coefficient (Wildman–Crippen LogP) is 1.42. The van der Waals surface area contributed by atoms with Gasteiger partial charge < -0.3 is 5.73 Å². The van der Waals surface area contributed by atoms with Crippen molar-refractivity contribution in [1.82, 2.24) is 9.55 Å². The molecule has 13 heavy (non-hydrogen) atoms. The largest absolute Gasteiger partial charge is 0.351 e. The highest BCUT2D eigenvalue weighted by molar-refractivity contribution is 6.31. The van der Waals surface area contributed by atoms with E-state index < -0.39 is 6.03 Å². The lowest BCUT2D eigenvalue weighted by molar-refractivity contribution is 0.251. The van der Waals surface area contributed by atoms with Gasteiger partial charge in [-0.05, 0) is 18.2 Å². The van der Waals surface area contributed by atoms with Gasteiger partial charge >= 0.3 is 6.03 Å². The highest BCUT2D eigenvalue weighted by Gasteiger charge is 2.06. The van der Waals surface area contributed by atoms with Crippen molar-refractivity contribution in [2.75, 3.05) is 0 Å². The standard InChI is InChI=1S/C8H5ClN3O/c9-5-1-2-7-6(3-5)11-4-12(7)8(10)13/h1-3H,(H2,10,13). The zero-order chi connectivity index (χ0) is 9.42. The second-order valence-corrected chi connectivity index (χ2v) is 2.95. The van der Waals surface area contributed by atoms with Crippen LogP contribution in [0.4, 0.5) is 4.79 Å². The molecule has 0 bridgehead atoms. The maximum absolute atomic E-state index is 10.8. The number of halogens is 1. The molecule has 2 rings (SSSR count). The third-order valence-corrected chi connectivity index (χ3v) is 1.90. The van der Waals surface area contributed by atoms with Gasteiger partial charge in [-0.2, -0.15) is 0 Å². The molecular weight excluding hydrogens is 190 g/mol. The number of benzene rings is 1. The zero-order valence-corrected chi connectivity index (χ0v) is 7.25. The van der Waals surface area contributed by atoms with Crippen LogP contribution in [-0.4, -0.2) is 15.6 Å². The van der Waals surface area contributed by atoms with Gasteiger partial charge in [0.2, 0.25) is 0 Å². The van der Waals surface area contributed by atoms with Crippen molar-refractivity contribution in [3.8, 4) is 0 Å². The van der Waals surface area contributed by atoms with Gasteiger partial charge in [-0.3, -0.25) is 0 Å². The normalized spacial score (nSPS) is 10.5. The summed E-state index contributed by atoms with van der Waals surface area (Å²) in [5, 5.41) is 0.565. The van der Waals surface area contributed by atoms with Crippen molar-refractivity contribution >= 4 is 28.7 Å². The quantitative estimate of drug-likeness (QED) is 0.690. The molecule has 65 valence electrons. The summed E-state index contributed by atoms with van der Waals surface area (Å²) in [5.74, 6) is 0. The van der Waals surface area contributed by atoms with Gasteiger partial charge in [0.25, 0.3) is 0 Å². The number of carbonyl (C=O) groups excluding carboxylic acids is 1. The molecule has 1 amide bonds. The Balaban J connectivity index is 2.76. The minimum absolute atomic E-state index is 0.565. The van der Waals surface area contributed by atoms with E-state index in [0.29, 0.717) is 16.1 Å². The van der Waals surface area contributed by atoms with Gasteiger partial charge in [0.05, 0.1) is 11.0 Å². The molecule has 0 saturated carbocycles. The highest BCUT2D eigenvalue weighted by atomic mass is 35.5. The Bertz CT molecular complexity index is 477.